The van der Waals surface area contributed by atoms with Gasteiger partial charge < -0.3 is 10.6 Å². The van der Waals surface area contributed by atoms with Crippen LogP contribution in [0.4, 0.5) is 9.18 Å². The second-order valence-corrected chi connectivity index (χ2v) is 6.70. The highest BCUT2D eigenvalue weighted by Gasteiger charge is 2.13. The fourth-order valence-electron chi connectivity index (χ4n) is 3.32. The van der Waals surface area contributed by atoms with E-state index in [2.05, 4.69) is 27.7 Å². The van der Waals surface area contributed by atoms with E-state index in [1.165, 1.54) is 24.5 Å². The number of halogens is 1. The number of urea groups is 1. The maximum absolute atomic E-state index is 13.6. The van der Waals surface area contributed by atoms with Gasteiger partial charge in [0.15, 0.2) is 0 Å². The molecule has 0 saturated carbocycles. The molecule has 0 bridgehead atoms. The molecule has 2 N–H and O–H groups in total. The van der Waals surface area contributed by atoms with Gasteiger partial charge in [0.2, 0.25) is 0 Å². The maximum Gasteiger partial charge on any atom is 0.315 e. The lowest BCUT2D eigenvalue weighted by Crippen LogP contribution is -2.36. The molecule has 26 heavy (non-hydrogen) atoms. The van der Waals surface area contributed by atoms with Gasteiger partial charge in [-0.25, -0.2) is 9.18 Å². The molecule has 138 valence electrons. The highest BCUT2D eigenvalue weighted by atomic mass is 19.1. The Morgan fingerprint density at radius 1 is 0.923 bits per heavy atom. The van der Waals surface area contributed by atoms with Gasteiger partial charge in [-0.2, -0.15) is 0 Å². The van der Waals surface area contributed by atoms with Gasteiger partial charge in [0, 0.05) is 19.6 Å². The number of carbonyl (C=O) groups excluding carboxylic acids is 1. The first-order valence-electron chi connectivity index (χ1n) is 9.26. The zero-order valence-electron chi connectivity index (χ0n) is 15.0. The highest BCUT2D eigenvalue weighted by molar-refractivity contribution is 5.73. The monoisotopic (exact) mass is 355 g/mol. The minimum atomic E-state index is -0.231. The fourth-order valence-corrected chi connectivity index (χ4v) is 3.32. The van der Waals surface area contributed by atoms with Crippen molar-refractivity contribution in [3.8, 4) is 0 Å². The zero-order chi connectivity index (χ0) is 18.2. The molecule has 2 aromatic carbocycles. The van der Waals surface area contributed by atoms with Gasteiger partial charge in [-0.15, -0.1) is 0 Å². The van der Waals surface area contributed by atoms with Crippen molar-refractivity contribution < 1.29 is 9.18 Å². The summed E-state index contributed by atoms with van der Waals surface area (Å²) in [6.07, 6.45) is 3.02. The van der Waals surface area contributed by atoms with E-state index < -0.39 is 0 Å². The average molecular weight is 355 g/mol. The topological polar surface area (TPSA) is 44.4 Å². The third kappa shape index (κ3) is 5.30. The summed E-state index contributed by atoms with van der Waals surface area (Å²) in [6, 6.07) is 14.7. The lowest BCUT2D eigenvalue weighted by molar-refractivity contribution is 0.240. The van der Waals surface area contributed by atoms with Gasteiger partial charge in [-0.3, -0.25) is 4.90 Å². The molecule has 0 aliphatic carbocycles. The van der Waals surface area contributed by atoms with E-state index in [0.29, 0.717) is 25.1 Å². The van der Waals surface area contributed by atoms with Crippen molar-refractivity contribution in [2.45, 2.75) is 32.4 Å². The minimum Gasteiger partial charge on any atom is -0.338 e. The number of nitrogens with zero attached hydrogens (tertiary/aromatic N) is 1. The molecule has 0 atom stereocenters. The molecule has 0 aromatic heterocycles. The van der Waals surface area contributed by atoms with Crippen LogP contribution in [0.25, 0.3) is 0 Å². The van der Waals surface area contributed by atoms with Crippen LogP contribution in [0, 0.1) is 5.82 Å². The number of hydrogen-bond acceptors (Lipinski definition) is 2. The van der Waals surface area contributed by atoms with Crippen LogP contribution in [0.3, 0.4) is 0 Å². The van der Waals surface area contributed by atoms with Crippen molar-refractivity contribution in [3.05, 3.63) is 71.0 Å². The molecular formula is C21H26FN3O. The van der Waals surface area contributed by atoms with Gasteiger partial charge >= 0.3 is 6.03 Å². The molecule has 2 amide bonds. The van der Waals surface area contributed by atoms with Crippen LogP contribution in [0.15, 0.2) is 48.5 Å². The van der Waals surface area contributed by atoms with Crippen LogP contribution in [-0.4, -0.2) is 30.6 Å². The van der Waals surface area contributed by atoms with Crippen molar-refractivity contribution in [1.29, 1.82) is 0 Å². The number of carbonyl (C=O) groups is 1. The Balaban J connectivity index is 1.45. The number of benzene rings is 2. The van der Waals surface area contributed by atoms with Crippen molar-refractivity contribution in [2.24, 2.45) is 0 Å². The van der Waals surface area contributed by atoms with E-state index in [1.54, 1.807) is 18.2 Å². The van der Waals surface area contributed by atoms with Crippen LogP contribution in [0.5, 0.6) is 0 Å². The number of amides is 2. The largest absolute Gasteiger partial charge is 0.338 e. The molecule has 1 saturated heterocycles. The molecular weight excluding hydrogens is 329 g/mol. The second kappa shape index (κ2) is 9.34. The normalized spacial score (nSPS) is 14.3. The summed E-state index contributed by atoms with van der Waals surface area (Å²) < 4.78 is 13.6. The Bertz CT molecular complexity index is 729. The van der Waals surface area contributed by atoms with Gasteiger partial charge in [0.05, 0.1) is 0 Å². The lowest BCUT2D eigenvalue weighted by Gasteiger charge is -2.18. The summed E-state index contributed by atoms with van der Waals surface area (Å²) in [4.78, 5) is 14.5. The first-order chi connectivity index (χ1) is 12.7. The maximum atomic E-state index is 13.6. The molecule has 1 aliphatic heterocycles. The molecule has 4 nitrogen and oxygen atoms in total. The van der Waals surface area contributed by atoms with Crippen LogP contribution in [0.2, 0.25) is 0 Å². The number of hydrogen-bond donors (Lipinski definition) is 2. The van der Waals surface area contributed by atoms with E-state index in [4.69, 9.17) is 0 Å². The summed E-state index contributed by atoms with van der Waals surface area (Å²) >= 11 is 0. The Hall–Kier alpha value is -2.40. The van der Waals surface area contributed by atoms with Crippen molar-refractivity contribution in [3.63, 3.8) is 0 Å². The van der Waals surface area contributed by atoms with E-state index in [9.17, 15) is 9.18 Å². The predicted octanol–water partition coefficient (Wildman–Crippen LogP) is 3.46. The molecule has 0 spiro atoms. The van der Waals surface area contributed by atoms with Crippen LogP contribution >= 0.6 is 0 Å². The second-order valence-electron chi connectivity index (χ2n) is 6.70. The van der Waals surface area contributed by atoms with Crippen LogP contribution < -0.4 is 10.6 Å². The average Bonchev–Trinajstić information content (AvgIpc) is 3.16. The van der Waals surface area contributed by atoms with Crippen molar-refractivity contribution in [1.82, 2.24) is 15.5 Å². The Kier molecular flexibility index (Phi) is 6.61. The third-order valence-electron chi connectivity index (χ3n) is 4.79. The Morgan fingerprint density at radius 3 is 2.31 bits per heavy atom. The number of likely N-dealkylation sites (tertiary alicyclic amines) is 1. The number of nitrogens with one attached hydrogen (secondary N) is 2. The van der Waals surface area contributed by atoms with Gasteiger partial charge in [0.1, 0.15) is 5.82 Å². The minimum absolute atomic E-state index is 0.225. The first kappa shape index (κ1) is 18.4. The summed E-state index contributed by atoms with van der Waals surface area (Å²) in [5, 5.41) is 5.70. The van der Waals surface area contributed by atoms with Gasteiger partial charge in [-0.1, -0.05) is 42.5 Å². The molecule has 0 radical (unpaired) electrons. The lowest BCUT2D eigenvalue weighted by atomic mass is 10.1. The molecule has 2 aromatic rings. The molecule has 1 heterocycles. The van der Waals surface area contributed by atoms with E-state index in [1.807, 2.05) is 12.1 Å². The summed E-state index contributed by atoms with van der Waals surface area (Å²) in [5.74, 6) is -0.231. The van der Waals surface area contributed by atoms with E-state index in [-0.39, 0.29) is 11.8 Å². The summed E-state index contributed by atoms with van der Waals surface area (Å²) in [6.45, 7) is 4.14. The fraction of sp³-hybridized carbons (Fsp3) is 0.381. The molecule has 3 rings (SSSR count). The first-order valence-corrected chi connectivity index (χ1v) is 9.26. The highest BCUT2D eigenvalue weighted by Crippen LogP contribution is 2.16. The summed E-state index contributed by atoms with van der Waals surface area (Å²) in [7, 11) is 0. The summed E-state index contributed by atoms with van der Waals surface area (Å²) in [5.41, 5.74) is 3.02. The zero-order valence-corrected chi connectivity index (χ0v) is 15.0. The quantitative estimate of drug-likeness (QED) is 0.799. The standard InChI is InChI=1S/C21H26FN3O/c22-20-10-4-3-7-17(20)11-12-23-21(26)24-15-18-8-1-2-9-19(18)16-25-13-5-6-14-25/h1-4,7-10H,5-6,11-16H2,(H2,23,24,26). The van der Waals surface area contributed by atoms with Gasteiger partial charge in [-0.05, 0) is 55.1 Å². The van der Waals surface area contributed by atoms with Crippen LogP contribution in [0.1, 0.15) is 29.5 Å². The SMILES string of the molecule is O=C(NCCc1ccccc1F)NCc1ccccc1CN1CCCC1. The smallest absolute Gasteiger partial charge is 0.315 e. The number of rotatable bonds is 7. The van der Waals surface area contributed by atoms with Crippen LogP contribution in [-0.2, 0) is 19.5 Å². The third-order valence-corrected chi connectivity index (χ3v) is 4.79. The Labute approximate surface area is 154 Å². The van der Waals surface area contributed by atoms with Gasteiger partial charge in [0.25, 0.3) is 0 Å². The molecule has 5 heteroatoms. The van der Waals surface area contributed by atoms with Crippen molar-refractivity contribution >= 4 is 6.03 Å². The molecule has 1 aliphatic rings. The molecule has 1 fully saturated rings. The Morgan fingerprint density at radius 2 is 1.58 bits per heavy atom. The predicted molar refractivity (Wildman–Crippen MR) is 101 cm³/mol. The van der Waals surface area contributed by atoms with E-state index in [0.717, 1.165) is 25.2 Å². The van der Waals surface area contributed by atoms with Crippen molar-refractivity contribution in [2.75, 3.05) is 19.6 Å². The molecule has 0 unspecified atom stereocenters. The van der Waals surface area contributed by atoms with E-state index >= 15 is 0 Å².